The van der Waals surface area contributed by atoms with Gasteiger partial charge in [0, 0.05) is 88.7 Å². The quantitative estimate of drug-likeness (QED) is 0.127. The predicted octanol–water partition coefficient (Wildman–Crippen LogP) is 27.3. The van der Waals surface area contributed by atoms with Crippen molar-refractivity contribution in [3.8, 4) is 72.7 Å². The van der Waals surface area contributed by atoms with E-state index in [2.05, 4.69) is 391 Å². The molecule has 16 aromatic carbocycles. The van der Waals surface area contributed by atoms with Gasteiger partial charge >= 0.3 is 0 Å². The molecule has 0 saturated heterocycles. The van der Waals surface area contributed by atoms with Gasteiger partial charge in [0.1, 0.15) is 0 Å². The summed E-state index contributed by atoms with van der Waals surface area (Å²) < 4.78 is 85.3. The van der Waals surface area contributed by atoms with Crippen LogP contribution in [0.15, 0.2) is 358 Å². The zero-order valence-electron chi connectivity index (χ0n) is 73.3. The van der Waals surface area contributed by atoms with Gasteiger partial charge in [-0.15, -0.1) is 0 Å². The Morgan fingerprint density at radius 2 is 0.596 bits per heavy atom. The first kappa shape index (κ1) is 60.3. The second kappa shape index (κ2) is 26.1. The molecule has 0 aliphatic carbocycles. The van der Waals surface area contributed by atoms with Gasteiger partial charge in [0.05, 0.1) is 61.1 Å². The van der Waals surface area contributed by atoms with Gasteiger partial charge in [-0.3, -0.25) is 0 Å². The molecule has 0 bridgehead atoms. The maximum Gasteiger partial charge on any atom is 0.252 e. The Kier molecular flexibility index (Phi) is 13.8. The van der Waals surface area contributed by atoms with Crippen molar-refractivity contribution >= 4 is 123 Å². The molecule has 0 atom stereocenters. The van der Waals surface area contributed by atoms with E-state index in [1.165, 1.54) is 16.3 Å². The number of nitrogens with zero attached hydrogens (tertiary/aromatic N) is 5. The Balaban J connectivity index is 0.975. The van der Waals surface area contributed by atoms with E-state index in [1.54, 1.807) is 4.57 Å². The van der Waals surface area contributed by atoms with Gasteiger partial charge < -0.3 is 23.5 Å². The Labute approximate surface area is 678 Å². The molecule has 0 unspecified atom stereocenters. The van der Waals surface area contributed by atoms with E-state index >= 15 is 0 Å². The first-order chi connectivity index (χ1) is 58.8. The van der Waals surface area contributed by atoms with Crippen molar-refractivity contribution < 1.29 is 11.0 Å². The van der Waals surface area contributed by atoms with Crippen molar-refractivity contribution in [3.63, 3.8) is 0 Å². The first-order valence-electron chi connectivity index (χ1n) is 43.6. The van der Waals surface area contributed by atoms with Crippen LogP contribution >= 0.6 is 0 Å². The highest BCUT2D eigenvalue weighted by Gasteiger charge is 2.47. The van der Waals surface area contributed by atoms with Crippen LogP contribution in [-0.2, 0) is 16.2 Å². The van der Waals surface area contributed by atoms with Crippen molar-refractivity contribution in [1.29, 1.82) is 0 Å². The number of hydrogen-bond donors (Lipinski definition) is 0. The number of fused-ring (bicyclic) bond motifs is 13. The molecule has 21 rings (SSSR count). The molecule has 5 heterocycles. The van der Waals surface area contributed by atoms with Gasteiger partial charge in [-0.1, -0.05) is 317 Å². The maximum atomic E-state index is 10.3. The molecule has 0 radical (unpaired) electrons. The van der Waals surface area contributed by atoms with Crippen LogP contribution in [-0.4, -0.2) is 20.4 Å². The van der Waals surface area contributed by atoms with Crippen LogP contribution < -0.4 is 26.2 Å². The molecule has 546 valence electrons. The fourth-order valence-electron chi connectivity index (χ4n) is 18.3. The third-order valence-electron chi connectivity index (χ3n) is 23.9. The molecule has 6 heteroatoms. The van der Waals surface area contributed by atoms with E-state index in [9.17, 15) is 11.0 Å². The zero-order valence-corrected chi connectivity index (χ0v) is 65.3. The minimum absolute atomic E-state index is 0.0113. The van der Waals surface area contributed by atoms with Gasteiger partial charge in [-0.2, -0.15) is 0 Å². The van der Waals surface area contributed by atoms with Gasteiger partial charge in [0.2, 0.25) is 0 Å². The Hall–Kier alpha value is -13.4. The Bertz CT molecular complexity index is 7370. The second-order valence-electron chi connectivity index (χ2n) is 33.9. The third-order valence-corrected chi connectivity index (χ3v) is 23.9. The summed E-state index contributed by atoms with van der Waals surface area (Å²) in [7, 11) is 0. The second-order valence-corrected chi connectivity index (χ2v) is 33.9. The average molecular weight is 1470 g/mol. The highest BCUT2D eigenvalue weighted by atomic mass is 15.2. The summed E-state index contributed by atoms with van der Waals surface area (Å²) >= 11 is 0. The SMILES string of the molecule is [2H]c1c([2H])c([2H])c2c(c1[2H])c1c([2H])c([2H])c([2H])c([2H])c1n2-c1cc2c3c(c1)N(c1c(-c4ccccc4)cc(C(C)(C)C)cc1-c1ccccc1)c1cc(-n4c5ccccc5c5cc(-n6c7ccccc7c7ccccc76)ccc54)ccc1B3c1ccc(-c3cccc(C(C)(C)C)c3)cc1N2c1c(-c2ccccc2)cc(C(C)(C)C)cc1-c1ccccc1. The van der Waals surface area contributed by atoms with Gasteiger partial charge in [-0.25, -0.2) is 0 Å². The number of benzene rings is 16. The van der Waals surface area contributed by atoms with E-state index in [0.717, 1.165) is 161 Å². The van der Waals surface area contributed by atoms with Crippen molar-refractivity contribution in [2.75, 3.05) is 9.80 Å². The average Bonchev–Trinajstić information content (AvgIpc) is 0.949. The fourth-order valence-corrected chi connectivity index (χ4v) is 18.3. The molecule has 0 fully saturated rings. The summed E-state index contributed by atoms with van der Waals surface area (Å²) in [4.78, 5) is 4.96. The minimum Gasteiger partial charge on any atom is -0.310 e. The maximum absolute atomic E-state index is 10.3. The number of para-hydroxylation sites is 5. The molecule has 3 aromatic heterocycles. The first-order valence-corrected chi connectivity index (χ1v) is 39.6. The third kappa shape index (κ3) is 11.0. The number of hydrogen-bond acceptors (Lipinski definition) is 2. The largest absolute Gasteiger partial charge is 0.310 e. The lowest BCUT2D eigenvalue weighted by molar-refractivity contribution is 0.590. The van der Waals surface area contributed by atoms with Crippen molar-refractivity contribution in [2.45, 2.75) is 78.6 Å². The molecule has 2 aliphatic rings. The van der Waals surface area contributed by atoms with Crippen molar-refractivity contribution in [2.24, 2.45) is 0 Å². The predicted molar refractivity (Wildman–Crippen MR) is 487 cm³/mol. The van der Waals surface area contributed by atoms with Crippen molar-refractivity contribution in [1.82, 2.24) is 13.7 Å². The smallest absolute Gasteiger partial charge is 0.252 e. The lowest BCUT2D eigenvalue weighted by atomic mass is 9.33. The monoisotopic (exact) mass is 1470 g/mol. The lowest BCUT2D eigenvalue weighted by Crippen LogP contribution is -2.61. The molecule has 0 amide bonds. The summed E-state index contributed by atoms with van der Waals surface area (Å²) in [5, 5.41) is 4.50. The lowest BCUT2D eigenvalue weighted by Gasteiger charge is -2.46. The number of anilines is 6. The molecule has 5 nitrogen and oxygen atoms in total. The van der Waals surface area contributed by atoms with Crippen LogP contribution in [0.5, 0.6) is 0 Å². The van der Waals surface area contributed by atoms with E-state index in [0.29, 0.717) is 5.69 Å². The van der Waals surface area contributed by atoms with E-state index in [4.69, 9.17) is 0 Å². The normalized spacial score (nSPS) is 13.9. The van der Waals surface area contributed by atoms with Crippen LogP contribution in [0.3, 0.4) is 0 Å². The van der Waals surface area contributed by atoms with E-state index < -0.39 is 55.1 Å². The molecule has 0 spiro atoms. The molecule has 0 N–H and O–H groups in total. The Morgan fingerprint density at radius 1 is 0.246 bits per heavy atom. The standard InChI is InChI=1S/C108H86BN5/c1-106(2,3)75-42-32-41-73(59-75)74-53-56-91-99(60-74)113(104-86(69-33-14-10-15-34-69)61-76(107(4,5)6)62-87(104)70-35-16-11-17-36-70)101-67-80(112-95-50-29-24-45-83(95)84-46-25-30-51-96(84)112)68-102-103(101)109(91)92-57-54-79(66-100(92)114(102)105-88(71-37-18-12-19-38-71)63-77(108(7,8)9)64-89(105)72-39-20-13-21-40-72)111-97-52-31-26-47-85(97)90-65-78(55-58-98(90)111)110-93-48-27-22-43-81(93)82-44-23-28-49-94(82)110/h10-68H,1-9H3/i24D,25D,29D,30D,45D,46D,50D,51D. The molecule has 114 heavy (non-hydrogen) atoms. The highest BCUT2D eigenvalue weighted by molar-refractivity contribution is 7.00. The summed E-state index contributed by atoms with van der Waals surface area (Å²) in [5.74, 6) is 0. The molecule has 0 saturated carbocycles. The van der Waals surface area contributed by atoms with Gasteiger partial charge in [0.15, 0.2) is 0 Å². The van der Waals surface area contributed by atoms with Gasteiger partial charge in [-0.05, 0) is 186 Å². The number of rotatable bonds is 10. The summed E-state index contributed by atoms with van der Waals surface area (Å²) in [5.41, 5.74) is 26.8. The number of aromatic nitrogens is 3. The van der Waals surface area contributed by atoms with Gasteiger partial charge in [0.25, 0.3) is 6.71 Å². The van der Waals surface area contributed by atoms with Crippen LogP contribution in [0.4, 0.5) is 34.1 Å². The van der Waals surface area contributed by atoms with Crippen LogP contribution in [0, 0.1) is 0 Å². The van der Waals surface area contributed by atoms with E-state index in [1.807, 2.05) is 0 Å². The molecular weight excluding hydrogens is 1380 g/mol. The zero-order chi connectivity index (χ0) is 84.0. The van der Waals surface area contributed by atoms with Crippen molar-refractivity contribution in [3.05, 3.63) is 374 Å². The Morgan fingerprint density at radius 3 is 1.05 bits per heavy atom. The molecule has 19 aromatic rings. The molecule has 2 aliphatic heterocycles. The van der Waals surface area contributed by atoms with Crippen LogP contribution in [0.1, 0.15) is 90.0 Å². The molecular formula is C108H86BN5. The summed E-state index contributed by atoms with van der Waals surface area (Å²) in [6.45, 7) is 19.8. The highest BCUT2D eigenvalue weighted by Crippen LogP contribution is 2.56. The van der Waals surface area contributed by atoms with Crippen LogP contribution in [0.25, 0.3) is 138 Å². The minimum atomic E-state index is -0.557. The topological polar surface area (TPSA) is 21.3 Å². The summed E-state index contributed by atoms with van der Waals surface area (Å²) in [6, 6.07) is 109. The van der Waals surface area contributed by atoms with E-state index in [-0.39, 0.29) is 38.1 Å². The van der Waals surface area contributed by atoms with Crippen LogP contribution in [0.2, 0.25) is 0 Å². The summed E-state index contributed by atoms with van der Waals surface area (Å²) in [6.07, 6.45) is 0. The fraction of sp³-hybridized carbons (Fsp3) is 0.111.